The van der Waals surface area contributed by atoms with E-state index in [1.165, 1.54) is 5.56 Å². The molecule has 0 radical (unpaired) electrons. The lowest BCUT2D eigenvalue weighted by Gasteiger charge is -2.08. The van der Waals surface area contributed by atoms with E-state index in [9.17, 15) is 4.79 Å². The Hall–Kier alpha value is -3.22. The number of amides is 1. The number of anilines is 2. The van der Waals surface area contributed by atoms with Gasteiger partial charge >= 0.3 is 0 Å². The molecule has 0 bridgehead atoms. The summed E-state index contributed by atoms with van der Waals surface area (Å²) in [5.41, 5.74) is 1.58. The quantitative estimate of drug-likeness (QED) is 0.635. The fourth-order valence-electron chi connectivity index (χ4n) is 2.53. The van der Waals surface area contributed by atoms with Gasteiger partial charge in [0.2, 0.25) is 0 Å². The average Bonchev–Trinajstić information content (AvgIpc) is 3.03. The lowest BCUT2D eigenvalue weighted by atomic mass is 10.1. The maximum atomic E-state index is 12.4. The molecular formula is C19H21N5O2. The van der Waals surface area contributed by atoms with Gasteiger partial charge in [0.1, 0.15) is 23.1 Å². The van der Waals surface area contributed by atoms with E-state index < -0.39 is 0 Å². The van der Waals surface area contributed by atoms with Gasteiger partial charge in [-0.15, -0.1) is 0 Å². The summed E-state index contributed by atoms with van der Waals surface area (Å²) < 4.78 is 5.01. The summed E-state index contributed by atoms with van der Waals surface area (Å²) in [6, 6.07) is 13.5. The van der Waals surface area contributed by atoms with Crippen molar-refractivity contribution in [2.45, 2.75) is 26.7 Å². The van der Waals surface area contributed by atoms with E-state index in [-0.39, 0.29) is 5.91 Å². The van der Waals surface area contributed by atoms with Crippen LogP contribution in [0.15, 0.2) is 47.0 Å². The summed E-state index contributed by atoms with van der Waals surface area (Å²) in [4.78, 5) is 20.8. The van der Waals surface area contributed by atoms with Crippen LogP contribution in [0.2, 0.25) is 0 Å². The van der Waals surface area contributed by atoms with E-state index in [1.54, 1.807) is 26.0 Å². The summed E-state index contributed by atoms with van der Waals surface area (Å²) in [6.45, 7) is 4.13. The van der Waals surface area contributed by atoms with Crippen LogP contribution in [0.25, 0.3) is 0 Å². The Labute approximate surface area is 151 Å². The molecule has 1 amide bonds. The van der Waals surface area contributed by atoms with Crippen molar-refractivity contribution in [2.24, 2.45) is 0 Å². The third-order valence-electron chi connectivity index (χ3n) is 3.73. The highest BCUT2D eigenvalue weighted by Crippen LogP contribution is 2.15. The number of aromatic nitrogens is 3. The zero-order valence-electron chi connectivity index (χ0n) is 14.8. The number of hydrogen-bond acceptors (Lipinski definition) is 6. The molecule has 0 spiro atoms. The number of hydrogen-bond donors (Lipinski definition) is 2. The summed E-state index contributed by atoms with van der Waals surface area (Å²) in [5.74, 6) is 2.01. The second kappa shape index (κ2) is 8.24. The average molecular weight is 351 g/mol. The van der Waals surface area contributed by atoms with Crippen molar-refractivity contribution in [3.63, 3.8) is 0 Å². The number of rotatable bonds is 7. The molecule has 1 aromatic carbocycles. The van der Waals surface area contributed by atoms with Gasteiger partial charge in [-0.25, -0.2) is 9.97 Å². The van der Waals surface area contributed by atoms with Crippen LogP contribution in [0.4, 0.5) is 11.6 Å². The number of nitrogens with zero attached hydrogens (tertiary/aromatic N) is 3. The van der Waals surface area contributed by atoms with Gasteiger partial charge < -0.3 is 15.2 Å². The van der Waals surface area contributed by atoms with Gasteiger partial charge in [0, 0.05) is 18.7 Å². The van der Waals surface area contributed by atoms with Gasteiger partial charge in [0.25, 0.3) is 5.91 Å². The van der Waals surface area contributed by atoms with Gasteiger partial charge in [0.05, 0.1) is 0 Å². The monoisotopic (exact) mass is 351 g/mol. The third kappa shape index (κ3) is 4.89. The second-order valence-corrected chi connectivity index (χ2v) is 5.98. The predicted octanol–water partition coefficient (Wildman–Crippen LogP) is 3.19. The largest absolute Gasteiger partial charge is 0.360 e. The first-order valence-corrected chi connectivity index (χ1v) is 8.48. The molecule has 0 fully saturated rings. The molecule has 0 saturated heterocycles. The number of carbonyl (C=O) groups excluding carboxylic acids is 1. The van der Waals surface area contributed by atoms with Crippen molar-refractivity contribution in [3.8, 4) is 0 Å². The molecule has 0 aliphatic carbocycles. The van der Waals surface area contributed by atoms with Crippen LogP contribution < -0.4 is 10.6 Å². The Morgan fingerprint density at radius 3 is 2.62 bits per heavy atom. The number of carbonyl (C=O) groups is 1. The molecule has 0 saturated carbocycles. The molecule has 0 aliphatic rings. The standard InChI is InChI=1S/C19H21N5O2/c1-13-11-18(24-26-13)23-17-12-16(21-14(2)22-17)19(25)20-10-6-9-15-7-4-3-5-8-15/h3-5,7-8,11-12H,6,9-10H2,1-2H3,(H,20,25)(H,21,22,23,24). The molecule has 7 heteroatoms. The molecule has 134 valence electrons. The van der Waals surface area contributed by atoms with Crippen molar-refractivity contribution >= 4 is 17.5 Å². The Kier molecular flexibility index (Phi) is 5.58. The summed E-state index contributed by atoms with van der Waals surface area (Å²) in [6.07, 6.45) is 1.78. The molecule has 3 rings (SSSR count). The first kappa shape index (κ1) is 17.6. The van der Waals surface area contributed by atoms with Crippen LogP contribution in [-0.4, -0.2) is 27.6 Å². The minimum Gasteiger partial charge on any atom is -0.360 e. The highest BCUT2D eigenvalue weighted by molar-refractivity contribution is 5.93. The summed E-state index contributed by atoms with van der Waals surface area (Å²) in [7, 11) is 0. The molecule has 3 aromatic rings. The lowest BCUT2D eigenvalue weighted by molar-refractivity contribution is 0.0948. The minimum absolute atomic E-state index is 0.219. The van der Waals surface area contributed by atoms with Crippen molar-refractivity contribution in [1.82, 2.24) is 20.4 Å². The van der Waals surface area contributed by atoms with Gasteiger partial charge in [-0.3, -0.25) is 4.79 Å². The Morgan fingerprint density at radius 1 is 1.08 bits per heavy atom. The summed E-state index contributed by atoms with van der Waals surface area (Å²) in [5, 5.41) is 9.77. The molecule has 0 atom stereocenters. The van der Waals surface area contributed by atoms with Crippen LogP contribution in [0.3, 0.4) is 0 Å². The van der Waals surface area contributed by atoms with E-state index in [1.807, 2.05) is 18.2 Å². The lowest BCUT2D eigenvalue weighted by Crippen LogP contribution is -2.26. The second-order valence-electron chi connectivity index (χ2n) is 5.98. The SMILES string of the molecule is Cc1nc(Nc2cc(C)on2)cc(C(=O)NCCCc2ccccc2)n1. The molecule has 0 unspecified atom stereocenters. The number of benzene rings is 1. The van der Waals surface area contributed by atoms with Crippen LogP contribution in [0, 0.1) is 13.8 Å². The maximum Gasteiger partial charge on any atom is 0.270 e. The zero-order chi connectivity index (χ0) is 18.4. The molecule has 0 aliphatic heterocycles. The first-order valence-electron chi connectivity index (χ1n) is 8.48. The topological polar surface area (TPSA) is 92.9 Å². The zero-order valence-corrected chi connectivity index (χ0v) is 14.8. The smallest absolute Gasteiger partial charge is 0.270 e. The van der Waals surface area contributed by atoms with Crippen LogP contribution in [-0.2, 0) is 6.42 Å². The molecular weight excluding hydrogens is 330 g/mol. The van der Waals surface area contributed by atoms with Gasteiger partial charge in [-0.2, -0.15) is 0 Å². The maximum absolute atomic E-state index is 12.4. The third-order valence-corrected chi connectivity index (χ3v) is 3.73. The highest BCUT2D eigenvalue weighted by Gasteiger charge is 2.11. The van der Waals surface area contributed by atoms with E-state index in [4.69, 9.17) is 4.52 Å². The Balaban J connectivity index is 1.56. The van der Waals surface area contributed by atoms with E-state index in [2.05, 4.69) is 37.9 Å². The molecule has 2 heterocycles. The van der Waals surface area contributed by atoms with Gasteiger partial charge in [-0.05, 0) is 32.3 Å². The molecule has 2 aromatic heterocycles. The van der Waals surface area contributed by atoms with E-state index >= 15 is 0 Å². The number of nitrogens with one attached hydrogen (secondary N) is 2. The molecule has 26 heavy (non-hydrogen) atoms. The highest BCUT2D eigenvalue weighted by atomic mass is 16.5. The summed E-state index contributed by atoms with van der Waals surface area (Å²) >= 11 is 0. The van der Waals surface area contributed by atoms with Gasteiger partial charge in [-0.1, -0.05) is 35.5 Å². The van der Waals surface area contributed by atoms with Crippen molar-refractivity contribution in [3.05, 3.63) is 65.3 Å². The van der Waals surface area contributed by atoms with Crippen LogP contribution in [0.1, 0.15) is 34.1 Å². The van der Waals surface area contributed by atoms with Crippen LogP contribution >= 0.6 is 0 Å². The minimum atomic E-state index is -0.219. The Bertz CT molecular complexity index is 877. The van der Waals surface area contributed by atoms with Crippen molar-refractivity contribution < 1.29 is 9.32 Å². The van der Waals surface area contributed by atoms with E-state index in [0.717, 1.165) is 12.8 Å². The van der Waals surface area contributed by atoms with E-state index in [0.29, 0.717) is 35.5 Å². The van der Waals surface area contributed by atoms with Crippen LogP contribution in [0.5, 0.6) is 0 Å². The first-order chi connectivity index (χ1) is 12.6. The Morgan fingerprint density at radius 2 is 1.88 bits per heavy atom. The molecule has 2 N–H and O–H groups in total. The fourth-order valence-corrected chi connectivity index (χ4v) is 2.53. The van der Waals surface area contributed by atoms with Gasteiger partial charge in [0.15, 0.2) is 5.82 Å². The molecule has 7 nitrogen and oxygen atoms in total. The normalized spacial score (nSPS) is 10.5. The van der Waals surface area contributed by atoms with Crippen molar-refractivity contribution in [1.29, 1.82) is 0 Å². The van der Waals surface area contributed by atoms with Crippen molar-refractivity contribution in [2.75, 3.05) is 11.9 Å². The number of aryl methyl sites for hydroxylation is 3. The fraction of sp³-hybridized carbons (Fsp3) is 0.263. The predicted molar refractivity (Wildman–Crippen MR) is 98.4 cm³/mol.